The molecule has 0 atom stereocenters. The second-order valence-electron chi connectivity index (χ2n) is 14.6. The first-order valence-electron chi connectivity index (χ1n) is 19.2. The summed E-state index contributed by atoms with van der Waals surface area (Å²) < 4.78 is 59.1. The summed E-state index contributed by atoms with van der Waals surface area (Å²) in [7, 11) is -4.36. The molecule has 12 N–H and O–H groups in total. The minimum absolute atomic E-state index is 0.0666. The van der Waals surface area contributed by atoms with Crippen molar-refractivity contribution in [3.05, 3.63) is 166 Å². The van der Waals surface area contributed by atoms with Gasteiger partial charge in [-0.15, -0.1) is 0 Å². The van der Waals surface area contributed by atoms with Gasteiger partial charge in [-0.1, -0.05) is 59.7 Å². The van der Waals surface area contributed by atoms with Crippen LogP contribution in [0.15, 0.2) is 153 Å². The fourth-order valence-electron chi connectivity index (χ4n) is 5.94. The highest BCUT2D eigenvalue weighted by atomic mass is 32.2. The largest absolute Gasteiger partial charge is 0.383 e. The SMILES string of the molecule is CN1CC(c2ccc(NC(=O)c3ccc(C(=O)Nc4ccc(C5=C(N)N=C(N)N(C)C5)cc4)cc3)cc2)=C(N)N=C1N.Cc1ccc(S(=O)(=O)O)cc1.Cc1ccc(S(=O)(=O)O)cc1. The summed E-state index contributed by atoms with van der Waals surface area (Å²) in [5, 5.41) is 5.74. The fourth-order valence-corrected chi connectivity index (χ4v) is 6.90. The molecule has 2 aliphatic heterocycles. The molecule has 5 aromatic carbocycles. The van der Waals surface area contributed by atoms with Crippen LogP contribution in [-0.4, -0.2) is 86.7 Å². The summed E-state index contributed by atoms with van der Waals surface area (Å²) in [5.41, 5.74) is 31.2. The van der Waals surface area contributed by atoms with Gasteiger partial charge in [0.05, 0.1) is 9.79 Å². The van der Waals surface area contributed by atoms with Crippen LogP contribution in [0.2, 0.25) is 0 Å². The second kappa shape index (κ2) is 20.1. The molecule has 2 heterocycles. The summed E-state index contributed by atoms with van der Waals surface area (Å²) in [5.74, 6) is 0.887. The zero-order valence-corrected chi connectivity index (χ0v) is 36.9. The summed E-state index contributed by atoms with van der Waals surface area (Å²) in [6.07, 6.45) is 0. The third-order valence-corrected chi connectivity index (χ3v) is 11.4. The lowest BCUT2D eigenvalue weighted by molar-refractivity contribution is 0.101. The van der Waals surface area contributed by atoms with Gasteiger partial charge in [0.25, 0.3) is 32.1 Å². The van der Waals surface area contributed by atoms with E-state index in [1.54, 1.807) is 82.6 Å². The first-order chi connectivity index (χ1) is 30.1. The predicted molar refractivity (Wildman–Crippen MR) is 248 cm³/mol. The van der Waals surface area contributed by atoms with E-state index < -0.39 is 20.2 Å². The van der Waals surface area contributed by atoms with Gasteiger partial charge in [-0.05, 0) is 97.8 Å². The van der Waals surface area contributed by atoms with E-state index in [1.807, 2.05) is 52.2 Å². The number of likely N-dealkylation sites (N-methyl/N-ethyl adjacent to an activating group) is 2. The van der Waals surface area contributed by atoms with Crippen molar-refractivity contribution in [1.29, 1.82) is 0 Å². The van der Waals surface area contributed by atoms with Crippen LogP contribution >= 0.6 is 0 Å². The van der Waals surface area contributed by atoms with Crippen molar-refractivity contribution in [3.63, 3.8) is 0 Å². The van der Waals surface area contributed by atoms with Crippen molar-refractivity contribution >= 4 is 66.5 Å². The van der Waals surface area contributed by atoms with E-state index in [-0.39, 0.29) is 21.6 Å². The topological polar surface area (TPSA) is 302 Å². The zero-order valence-electron chi connectivity index (χ0n) is 35.2. The number of aliphatic imine (C=N–C) groups is 2. The standard InChI is InChI=1S/C30H32N10O2.2C7H8O3S/c1-39-15-23(25(31)37-29(39)33)17-7-11-21(12-8-17)35-27(41)19-3-5-20(6-4-19)28(42)36-22-13-9-18(10-14-22)24-16-40(2)30(34)38-26(24)32;2*1-6-2-4-7(5-3-6)11(8,9)10/h3-14H,15-16,31-32H2,1-2H3,(H2,33,37)(H2,34,38)(H,35,41)(H,36,42);2*2-5H,1H3,(H,8,9,10). The Hall–Kier alpha value is -7.52. The minimum Gasteiger partial charge on any atom is -0.383 e. The van der Waals surface area contributed by atoms with Gasteiger partial charge in [-0.3, -0.25) is 18.7 Å². The molecular weight excluding hydrogens is 861 g/mol. The Labute approximate surface area is 371 Å². The highest BCUT2D eigenvalue weighted by molar-refractivity contribution is 7.86. The maximum absolute atomic E-state index is 12.8. The van der Waals surface area contributed by atoms with E-state index in [0.29, 0.717) is 59.2 Å². The number of nitrogens with zero attached hydrogens (tertiary/aromatic N) is 4. The number of carbonyl (C=O) groups excluding carboxylic acids is 2. The molecule has 2 aliphatic rings. The fraction of sp³-hybridized carbons (Fsp3) is 0.136. The predicted octanol–water partition coefficient (Wildman–Crippen LogP) is 4.45. The van der Waals surface area contributed by atoms with Gasteiger partial charge >= 0.3 is 0 Å². The number of guanidine groups is 2. The van der Waals surface area contributed by atoms with Gasteiger partial charge < -0.3 is 43.4 Å². The minimum atomic E-state index is -4.02. The van der Waals surface area contributed by atoms with Crippen molar-refractivity contribution < 1.29 is 35.5 Å². The van der Waals surface area contributed by atoms with Gasteiger partial charge in [0.1, 0.15) is 11.6 Å². The molecule has 0 aromatic heterocycles. The highest BCUT2D eigenvalue weighted by Gasteiger charge is 2.19. The van der Waals surface area contributed by atoms with Gasteiger partial charge in [0.2, 0.25) is 0 Å². The molecule has 2 amide bonds. The van der Waals surface area contributed by atoms with Crippen molar-refractivity contribution in [1.82, 2.24) is 9.80 Å². The number of amides is 2. The second-order valence-corrected chi connectivity index (χ2v) is 17.4. The number of hydrogen-bond donors (Lipinski definition) is 8. The number of carbonyl (C=O) groups is 2. The van der Waals surface area contributed by atoms with E-state index in [1.165, 1.54) is 24.3 Å². The van der Waals surface area contributed by atoms with Gasteiger partial charge in [-0.25, -0.2) is 0 Å². The quantitative estimate of drug-likeness (QED) is 0.0999. The Kier molecular flexibility index (Phi) is 14.9. The van der Waals surface area contributed by atoms with Crippen molar-refractivity contribution in [2.75, 3.05) is 37.8 Å². The molecule has 0 spiro atoms. The van der Waals surface area contributed by atoms with E-state index in [4.69, 9.17) is 32.0 Å². The Morgan fingerprint density at radius 3 is 1.09 bits per heavy atom. The van der Waals surface area contributed by atoms with Gasteiger partial charge in [0.15, 0.2) is 11.9 Å². The number of rotatable bonds is 8. The zero-order chi connectivity index (χ0) is 46.9. The molecule has 0 radical (unpaired) electrons. The molecule has 5 aromatic rings. The monoisotopic (exact) mass is 908 g/mol. The summed E-state index contributed by atoms with van der Waals surface area (Å²) in [6.45, 7) is 4.76. The average Bonchev–Trinajstić information content (AvgIpc) is 3.24. The lowest BCUT2D eigenvalue weighted by Gasteiger charge is -2.25. The van der Waals surface area contributed by atoms with Crippen LogP contribution < -0.4 is 33.6 Å². The van der Waals surface area contributed by atoms with Crippen LogP contribution in [0.1, 0.15) is 43.0 Å². The summed E-state index contributed by atoms with van der Waals surface area (Å²) in [4.78, 5) is 37.4. The van der Waals surface area contributed by atoms with E-state index in [0.717, 1.165) is 33.4 Å². The van der Waals surface area contributed by atoms with Gasteiger partial charge in [0, 0.05) is 60.8 Å². The van der Waals surface area contributed by atoms with Crippen LogP contribution in [-0.2, 0) is 20.2 Å². The highest BCUT2D eigenvalue weighted by Crippen LogP contribution is 2.25. The number of aryl methyl sites for hydroxylation is 2. The first-order valence-corrected chi connectivity index (χ1v) is 22.1. The van der Waals surface area contributed by atoms with Crippen LogP contribution in [0.5, 0.6) is 0 Å². The molecule has 0 fully saturated rings. The van der Waals surface area contributed by atoms with Crippen molar-refractivity contribution in [2.45, 2.75) is 23.6 Å². The third kappa shape index (κ3) is 12.8. The van der Waals surface area contributed by atoms with Crippen LogP contribution in [0, 0.1) is 13.8 Å². The number of nitrogens with two attached hydrogens (primary N) is 4. The molecule has 0 saturated carbocycles. The van der Waals surface area contributed by atoms with Crippen LogP contribution in [0.4, 0.5) is 11.4 Å². The molecule has 7 rings (SSSR count). The first kappa shape index (κ1) is 47.5. The summed E-state index contributed by atoms with van der Waals surface area (Å²) in [6, 6.07) is 33.0. The van der Waals surface area contributed by atoms with E-state index in [9.17, 15) is 26.4 Å². The lowest BCUT2D eigenvalue weighted by atomic mass is 10.0. The lowest BCUT2D eigenvalue weighted by Crippen LogP contribution is -2.38. The van der Waals surface area contributed by atoms with Gasteiger partial charge in [-0.2, -0.15) is 26.8 Å². The maximum atomic E-state index is 12.8. The van der Waals surface area contributed by atoms with Crippen molar-refractivity contribution in [3.8, 4) is 0 Å². The number of nitrogens with one attached hydrogen (secondary N) is 2. The molecule has 0 unspecified atom stereocenters. The Morgan fingerprint density at radius 1 is 0.516 bits per heavy atom. The Balaban J connectivity index is 0.000000284. The Morgan fingerprint density at radius 2 is 0.812 bits per heavy atom. The molecule has 64 heavy (non-hydrogen) atoms. The number of hydrogen-bond acceptors (Lipinski definition) is 14. The molecule has 20 heteroatoms. The molecule has 0 saturated heterocycles. The van der Waals surface area contributed by atoms with Crippen LogP contribution in [0.25, 0.3) is 11.1 Å². The maximum Gasteiger partial charge on any atom is 0.294 e. The number of benzene rings is 5. The molecule has 18 nitrogen and oxygen atoms in total. The van der Waals surface area contributed by atoms with Crippen molar-refractivity contribution in [2.24, 2.45) is 32.9 Å². The normalized spacial score (nSPS) is 14.0. The smallest absolute Gasteiger partial charge is 0.294 e. The van der Waals surface area contributed by atoms with E-state index >= 15 is 0 Å². The third-order valence-electron chi connectivity index (χ3n) is 9.69. The number of anilines is 2. The van der Waals surface area contributed by atoms with E-state index in [2.05, 4.69) is 20.6 Å². The molecule has 0 bridgehead atoms. The Bertz CT molecular complexity index is 2670. The molecule has 334 valence electrons. The average molecular weight is 909 g/mol. The molecule has 0 aliphatic carbocycles. The molecular formula is C44H48N10O8S2. The summed E-state index contributed by atoms with van der Waals surface area (Å²) >= 11 is 0. The van der Waals surface area contributed by atoms with Crippen LogP contribution in [0.3, 0.4) is 0 Å².